The van der Waals surface area contributed by atoms with E-state index in [0.717, 1.165) is 31.2 Å². The summed E-state index contributed by atoms with van der Waals surface area (Å²) in [6.45, 7) is 1.84. The fourth-order valence-electron chi connectivity index (χ4n) is 3.05. The average molecular weight is 310 g/mol. The minimum absolute atomic E-state index is 0.361. The molecule has 23 heavy (non-hydrogen) atoms. The summed E-state index contributed by atoms with van der Waals surface area (Å²) in [4.78, 5) is 8.99. The molecule has 0 bridgehead atoms. The summed E-state index contributed by atoms with van der Waals surface area (Å²) in [6, 6.07) is 9.73. The quantitative estimate of drug-likeness (QED) is 0.797. The lowest BCUT2D eigenvalue weighted by atomic mass is 9.99. The fourth-order valence-corrected chi connectivity index (χ4v) is 3.05. The predicted molar refractivity (Wildman–Crippen MR) is 84.3 cm³/mol. The lowest BCUT2D eigenvalue weighted by Gasteiger charge is -2.17. The molecule has 0 atom stereocenters. The third kappa shape index (κ3) is 2.45. The SMILES string of the molecule is Cc1oc(-c2ccccc2)nc1-c1nc(C2(N)CCCC2)no1. The van der Waals surface area contributed by atoms with Crippen molar-refractivity contribution < 1.29 is 8.94 Å². The third-order valence-corrected chi connectivity index (χ3v) is 4.39. The van der Waals surface area contributed by atoms with Crippen LogP contribution in [0.2, 0.25) is 0 Å². The van der Waals surface area contributed by atoms with Crippen LogP contribution in [0.5, 0.6) is 0 Å². The summed E-state index contributed by atoms with van der Waals surface area (Å²) >= 11 is 0. The zero-order valence-corrected chi connectivity index (χ0v) is 13.0. The highest BCUT2D eigenvalue weighted by molar-refractivity contribution is 5.59. The van der Waals surface area contributed by atoms with E-state index in [9.17, 15) is 0 Å². The second kappa shape index (κ2) is 5.31. The van der Waals surface area contributed by atoms with Gasteiger partial charge >= 0.3 is 0 Å². The van der Waals surface area contributed by atoms with Gasteiger partial charge in [-0.3, -0.25) is 0 Å². The Morgan fingerprint density at radius 3 is 2.52 bits per heavy atom. The molecular weight excluding hydrogens is 292 g/mol. The molecule has 1 saturated carbocycles. The van der Waals surface area contributed by atoms with Gasteiger partial charge in [0.25, 0.3) is 5.89 Å². The van der Waals surface area contributed by atoms with Crippen LogP contribution >= 0.6 is 0 Å². The van der Waals surface area contributed by atoms with Crippen LogP contribution in [-0.2, 0) is 5.54 Å². The zero-order valence-electron chi connectivity index (χ0n) is 13.0. The fraction of sp³-hybridized carbons (Fsp3) is 0.353. The number of oxazole rings is 1. The van der Waals surface area contributed by atoms with E-state index < -0.39 is 5.54 Å². The standard InChI is InChI=1S/C17H18N4O2/c1-11-13(19-14(22-11)12-7-3-2-4-8-12)15-20-16(21-23-15)17(18)9-5-6-10-17/h2-4,7-8H,5-6,9-10,18H2,1H3. The smallest absolute Gasteiger partial charge is 0.280 e. The minimum atomic E-state index is -0.471. The first-order chi connectivity index (χ1) is 11.2. The van der Waals surface area contributed by atoms with Crippen molar-refractivity contribution in [2.24, 2.45) is 5.73 Å². The topological polar surface area (TPSA) is 91.0 Å². The van der Waals surface area contributed by atoms with Gasteiger partial charge in [-0.05, 0) is 31.9 Å². The Bertz CT molecular complexity index is 816. The third-order valence-electron chi connectivity index (χ3n) is 4.39. The number of hydrogen-bond acceptors (Lipinski definition) is 6. The van der Waals surface area contributed by atoms with E-state index >= 15 is 0 Å². The van der Waals surface area contributed by atoms with Crippen LogP contribution in [0.1, 0.15) is 37.3 Å². The van der Waals surface area contributed by atoms with Crippen LogP contribution in [0, 0.1) is 6.92 Å². The molecule has 0 aliphatic heterocycles. The van der Waals surface area contributed by atoms with E-state index in [4.69, 9.17) is 14.7 Å². The van der Waals surface area contributed by atoms with Gasteiger partial charge in [0.1, 0.15) is 5.76 Å². The van der Waals surface area contributed by atoms with Crippen LogP contribution in [0.3, 0.4) is 0 Å². The average Bonchev–Trinajstić information content (AvgIpc) is 3.28. The second-order valence-electron chi connectivity index (χ2n) is 6.08. The Kier molecular flexibility index (Phi) is 3.27. The summed E-state index contributed by atoms with van der Waals surface area (Å²) in [5.74, 6) is 2.12. The van der Waals surface area contributed by atoms with E-state index in [1.807, 2.05) is 37.3 Å². The van der Waals surface area contributed by atoms with Crippen LogP contribution in [-0.4, -0.2) is 15.1 Å². The monoisotopic (exact) mass is 310 g/mol. The molecule has 4 rings (SSSR count). The summed E-state index contributed by atoms with van der Waals surface area (Å²) < 4.78 is 11.1. The van der Waals surface area contributed by atoms with Crippen LogP contribution in [0.4, 0.5) is 0 Å². The lowest BCUT2D eigenvalue weighted by molar-refractivity contribution is 0.372. The normalized spacial score (nSPS) is 16.8. The molecule has 0 radical (unpaired) electrons. The minimum Gasteiger partial charge on any atom is -0.441 e. The van der Waals surface area contributed by atoms with Gasteiger partial charge in [-0.2, -0.15) is 4.98 Å². The maximum atomic E-state index is 6.38. The molecular formula is C17H18N4O2. The lowest BCUT2D eigenvalue weighted by Crippen LogP contribution is -2.34. The molecule has 3 aromatic rings. The van der Waals surface area contributed by atoms with Gasteiger partial charge in [-0.15, -0.1) is 0 Å². The first-order valence-electron chi connectivity index (χ1n) is 7.82. The second-order valence-corrected chi connectivity index (χ2v) is 6.08. The Hall–Kier alpha value is -2.47. The predicted octanol–water partition coefficient (Wildman–Crippen LogP) is 3.43. The van der Waals surface area contributed by atoms with E-state index in [1.165, 1.54) is 0 Å². The zero-order chi connectivity index (χ0) is 15.9. The summed E-state index contributed by atoms with van der Waals surface area (Å²) in [5, 5.41) is 4.08. The maximum Gasteiger partial charge on any atom is 0.280 e. The molecule has 1 aliphatic rings. The largest absolute Gasteiger partial charge is 0.441 e. The molecule has 1 fully saturated rings. The van der Waals surface area contributed by atoms with Crippen LogP contribution in [0.15, 0.2) is 39.3 Å². The maximum absolute atomic E-state index is 6.38. The van der Waals surface area contributed by atoms with Crippen molar-refractivity contribution in [3.63, 3.8) is 0 Å². The van der Waals surface area contributed by atoms with E-state index in [2.05, 4.69) is 15.1 Å². The van der Waals surface area contributed by atoms with Crippen molar-refractivity contribution in [2.75, 3.05) is 0 Å². The molecule has 0 amide bonds. The molecule has 0 spiro atoms. The molecule has 6 nitrogen and oxygen atoms in total. The van der Waals surface area contributed by atoms with E-state index in [0.29, 0.717) is 29.1 Å². The molecule has 0 saturated heterocycles. The van der Waals surface area contributed by atoms with Gasteiger partial charge in [0.2, 0.25) is 5.89 Å². The van der Waals surface area contributed by atoms with Gasteiger partial charge < -0.3 is 14.7 Å². The highest BCUT2D eigenvalue weighted by Gasteiger charge is 2.36. The molecule has 6 heteroatoms. The van der Waals surface area contributed by atoms with Gasteiger partial charge in [0.15, 0.2) is 11.5 Å². The Morgan fingerprint density at radius 2 is 1.78 bits per heavy atom. The Labute approximate surface area is 133 Å². The van der Waals surface area contributed by atoms with E-state index in [1.54, 1.807) is 0 Å². The first kappa shape index (κ1) is 14.1. The van der Waals surface area contributed by atoms with Crippen molar-refractivity contribution >= 4 is 0 Å². The molecule has 1 aromatic carbocycles. The Balaban J connectivity index is 1.69. The molecule has 118 valence electrons. The number of hydrogen-bond donors (Lipinski definition) is 1. The van der Waals surface area contributed by atoms with Gasteiger partial charge in [-0.25, -0.2) is 4.98 Å². The van der Waals surface area contributed by atoms with E-state index in [-0.39, 0.29) is 0 Å². The highest BCUT2D eigenvalue weighted by atomic mass is 16.5. The first-order valence-corrected chi connectivity index (χ1v) is 7.82. The molecule has 2 aromatic heterocycles. The van der Waals surface area contributed by atoms with Gasteiger partial charge in [-0.1, -0.05) is 36.2 Å². The van der Waals surface area contributed by atoms with Gasteiger partial charge in [0.05, 0.1) is 5.54 Å². The van der Waals surface area contributed by atoms with Crippen molar-refractivity contribution in [3.8, 4) is 23.0 Å². The number of aromatic nitrogens is 3. The van der Waals surface area contributed by atoms with Gasteiger partial charge in [0, 0.05) is 5.56 Å². The van der Waals surface area contributed by atoms with Crippen LogP contribution < -0.4 is 5.73 Å². The Morgan fingerprint density at radius 1 is 1.04 bits per heavy atom. The van der Waals surface area contributed by atoms with Crippen molar-refractivity contribution in [2.45, 2.75) is 38.1 Å². The molecule has 1 aliphatic carbocycles. The number of nitrogens with two attached hydrogens (primary N) is 1. The van der Waals surface area contributed by atoms with Crippen LogP contribution in [0.25, 0.3) is 23.0 Å². The number of rotatable bonds is 3. The summed E-state index contributed by atoms with van der Waals surface area (Å²) in [7, 11) is 0. The number of benzene rings is 1. The molecule has 2 N–H and O–H groups in total. The van der Waals surface area contributed by atoms with Crippen molar-refractivity contribution in [1.82, 2.24) is 15.1 Å². The molecule has 2 heterocycles. The number of nitrogens with zero attached hydrogens (tertiary/aromatic N) is 3. The summed E-state index contributed by atoms with van der Waals surface area (Å²) in [6.07, 6.45) is 3.97. The number of aryl methyl sites for hydroxylation is 1. The summed E-state index contributed by atoms with van der Waals surface area (Å²) in [5.41, 5.74) is 7.39. The van der Waals surface area contributed by atoms with Crippen molar-refractivity contribution in [1.29, 1.82) is 0 Å². The highest BCUT2D eigenvalue weighted by Crippen LogP contribution is 2.36. The van der Waals surface area contributed by atoms with Crippen molar-refractivity contribution in [3.05, 3.63) is 41.9 Å². The molecule has 0 unspecified atom stereocenters.